The number of amides is 2. The van der Waals surface area contributed by atoms with E-state index in [0.717, 1.165) is 18.5 Å². The average Bonchev–Trinajstić information content (AvgIpc) is 2.77. The van der Waals surface area contributed by atoms with Crippen molar-refractivity contribution in [1.82, 2.24) is 10.6 Å². The molecule has 2 amide bonds. The van der Waals surface area contributed by atoms with Gasteiger partial charge in [-0.15, -0.1) is 0 Å². The van der Waals surface area contributed by atoms with Crippen molar-refractivity contribution in [3.8, 4) is 0 Å². The van der Waals surface area contributed by atoms with Gasteiger partial charge in [-0.25, -0.2) is 0 Å². The first-order valence-electron chi connectivity index (χ1n) is 10.3. The topological polar surface area (TPSA) is 70.2 Å². The Bertz CT molecular complexity index is 846. The lowest BCUT2D eigenvalue weighted by atomic mass is 9.97. The van der Waals surface area contributed by atoms with Gasteiger partial charge in [-0.3, -0.25) is 9.59 Å². The Morgan fingerprint density at radius 1 is 0.966 bits per heavy atom. The van der Waals surface area contributed by atoms with Crippen LogP contribution in [0.2, 0.25) is 0 Å². The summed E-state index contributed by atoms with van der Waals surface area (Å²) in [7, 11) is 0. The molecule has 0 fully saturated rings. The molecule has 3 rings (SSSR count). The van der Waals surface area contributed by atoms with Crippen LogP contribution in [-0.2, 0) is 11.3 Å². The molecule has 0 radical (unpaired) electrons. The summed E-state index contributed by atoms with van der Waals surface area (Å²) in [6.45, 7) is 1.54. The Hall–Kier alpha value is -2.92. The molecule has 152 valence electrons. The van der Waals surface area contributed by atoms with Crippen molar-refractivity contribution in [2.75, 3.05) is 18.4 Å². The van der Waals surface area contributed by atoms with E-state index in [1.807, 2.05) is 30.3 Å². The Labute approximate surface area is 172 Å². The lowest BCUT2D eigenvalue weighted by molar-refractivity contribution is -0.115. The van der Waals surface area contributed by atoms with Gasteiger partial charge in [-0.2, -0.15) is 0 Å². The number of hydrogen-bond donors (Lipinski definition) is 3. The molecular formula is C24H29N3O2. The van der Waals surface area contributed by atoms with Gasteiger partial charge >= 0.3 is 0 Å². The summed E-state index contributed by atoms with van der Waals surface area (Å²) >= 11 is 0. The summed E-state index contributed by atoms with van der Waals surface area (Å²) in [5, 5.41) is 8.95. The minimum atomic E-state index is -0.163. The van der Waals surface area contributed by atoms with Gasteiger partial charge < -0.3 is 16.0 Å². The van der Waals surface area contributed by atoms with Crippen LogP contribution in [0.3, 0.4) is 0 Å². The van der Waals surface area contributed by atoms with Gasteiger partial charge in [-0.05, 0) is 62.4 Å². The zero-order valence-electron chi connectivity index (χ0n) is 16.7. The molecule has 2 aromatic carbocycles. The highest BCUT2D eigenvalue weighted by Crippen LogP contribution is 2.19. The molecule has 5 heteroatoms. The molecule has 29 heavy (non-hydrogen) atoms. The van der Waals surface area contributed by atoms with Crippen LogP contribution in [0.5, 0.6) is 0 Å². The van der Waals surface area contributed by atoms with Gasteiger partial charge in [0.2, 0.25) is 5.91 Å². The first-order valence-corrected chi connectivity index (χ1v) is 10.3. The molecule has 0 bridgehead atoms. The van der Waals surface area contributed by atoms with E-state index in [-0.39, 0.29) is 18.4 Å². The Balaban J connectivity index is 1.41. The van der Waals surface area contributed by atoms with Gasteiger partial charge in [0.25, 0.3) is 5.91 Å². The molecule has 0 aliphatic heterocycles. The zero-order chi connectivity index (χ0) is 20.3. The molecule has 2 aromatic rings. The molecule has 0 saturated carbocycles. The number of hydrogen-bond acceptors (Lipinski definition) is 3. The van der Waals surface area contributed by atoms with Crippen LogP contribution < -0.4 is 16.0 Å². The number of allylic oxidation sites excluding steroid dienone is 1. The van der Waals surface area contributed by atoms with Crippen LogP contribution in [-0.4, -0.2) is 24.9 Å². The predicted octanol–water partition coefficient (Wildman–Crippen LogP) is 4.04. The molecule has 5 nitrogen and oxygen atoms in total. The fourth-order valence-corrected chi connectivity index (χ4v) is 3.41. The zero-order valence-corrected chi connectivity index (χ0v) is 16.7. The van der Waals surface area contributed by atoms with E-state index in [9.17, 15) is 9.59 Å². The molecule has 3 N–H and O–H groups in total. The molecule has 0 unspecified atom stereocenters. The van der Waals surface area contributed by atoms with E-state index in [4.69, 9.17) is 0 Å². The molecular weight excluding hydrogens is 362 g/mol. The monoisotopic (exact) mass is 391 g/mol. The second-order valence-electron chi connectivity index (χ2n) is 7.33. The fourth-order valence-electron chi connectivity index (χ4n) is 3.41. The van der Waals surface area contributed by atoms with Crippen LogP contribution in [0.15, 0.2) is 66.2 Å². The number of nitrogens with one attached hydrogen (secondary N) is 3. The SMILES string of the molecule is O=C(CNCCC1=CCCCC1)Nc1cccc(C(=O)NCc2ccccc2)c1. The molecule has 1 aliphatic rings. The Kier molecular flexibility index (Phi) is 8.01. The van der Waals surface area contributed by atoms with Crippen LogP contribution >= 0.6 is 0 Å². The van der Waals surface area contributed by atoms with E-state index < -0.39 is 0 Å². The maximum atomic E-state index is 12.4. The lowest BCUT2D eigenvalue weighted by Crippen LogP contribution is -2.29. The first kappa shape index (κ1) is 20.8. The number of rotatable bonds is 9. The van der Waals surface area contributed by atoms with Crippen molar-refractivity contribution >= 4 is 17.5 Å². The van der Waals surface area contributed by atoms with Crippen LogP contribution in [0.4, 0.5) is 5.69 Å². The number of carbonyl (C=O) groups is 2. The molecule has 0 aromatic heterocycles. The summed E-state index contributed by atoms with van der Waals surface area (Å²) in [5.74, 6) is -0.270. The standard InChI is InChI=1S/C24H29N3O2/c28-23(18-25-15-14-19-8-3-1-4-9-19)27-22-13-7-12-21(16-22)24(29)26-17-20-10-5-2-6-11-20/h2,5-8,10-13,16,25H,1,3-4,9,14-15,17-18H2,(H,26,29)(H,27,28). The quantitative estimate of drug-likeness (QED) is 0.446. The smallest absolute Gasteiger partial charge is 0.251 e. The molecule has 0 atom stereocenters. The summed E-state index contributed by atoms with van der Waals surface area (Å²) < 4.78 is 0. The minimum absolute atomic E-state index is 0.107. The molecule has 0 saturated heterocycles. The van der Waals surface area contributed by atoms with Gasteiger partial charge in [0.15, 0.2) is 0 Å². The van der Waals surface area contributed by atoms with E-state index in [0.29, 0.717) is 17.8 Å². The number of carbonyl (C=O) groups excluding carboxylic acids is 2. The van der Waals surface area contributed by atoms with Gasteiger partial charge in [-0.1, -0.05) is 48.0 Å². The van der Waals surface area contributed by atoms with E-state index in [1.165, 1.54) is 31.3 Å². The highest BCUT2D eigenvalue weighted by Gasteiger charge is 2.08. The third-order valence-corrected chi connectivity index (χ3v) is 5.00. The number of benzene rings is 2. The summed E-state index contributed by atoms with van der Waals surface area (Å²) in [6.07, 6.45) is 8.28. The van der Waals surface area contributed by atoms with Crippen molar-refractivity contribution in [2.24, 2.45) is 0 Å². The lowest BCUT2D eigenvalue weighted by Gasteiger charge is -2.13. The minimum Gasteiger partial charge on any atom is -0.348 e. The third-order valence-electron chi connectivity index (χ3n) is 5.00. The fraction of sp³-hybridized carbons (Fsp3) is 0.333. The second kappa shape index (κ2) is 11.2. The van der Waals surface area contributed by atoms with E-state index in [1.54, 1.807) is 24.3 Å². The highest BCUT2D eigenvalue weighted by molar-refractivity contribution is 5.97. The van der Waals surface area contributed by atoms with Crippen molar-refractivity contribution in [3.05, 3.63) is 77.4 Å². The van der Waals surface area contributed by atoms with Crippen molar-refractivity contribution in [3.63, 3.8) is 0 Å². The Morgan fingerprint density at radius 3 is 2.62 bits per heavy atom. The summed E-state index contributed by atoms with van der Waals surface area (Å²) in [6, 6.07) is 16.8. The van der Waals surface area contributed by atoms with Crippen LogP contribution in [0.25, 0.3) is 0 Å². The van der Waals surface area contributed by atoms with Gasteiger partial charge in [0.05, 0.1) is 6.54 Å². The normalized spacial score (nSPS) is 13.4. The summed E-state index contributed by atoms with van der Waals surface area (Å²) in [5.41, 5.74) is 3.69. The molecule has 0 heterocycles. The van der Waals surface area contributed by atoms with Crippen molar-refractivity contribution in [2.45, 2.75) is 38.6 Å². The summed E-state index contributed by atoms with van der Waals surface area (Å²) in [4.78, 5) is 24.5. The first-order chi connectivity index (χ1) is 14.2. The largest absolute Gasteiger partial charge is 0.348 e. The molecule has 1 aliphatic carbocycles. The third kappa shape index (κ3) is 7.20. The maximum Gasteiger partial charge on any atom is 0.251 e. The van der Waals surface area contributed by atoms with Crippen molar-refractivity contribution in [1.29, 1.82) is 0 Å². The maximum absolute atomic E-state index is 12.4. The van der Waals surface area contributed by atoms with E-state index in [2.05, 4.69) is 22.0 Å². The number of anilines is 1. The van der Waals surface area contributed by atoms with Crippen LogP contribution in [0, 0.1) is 0 Å². The Morgan fingerprint density at radius 2 is 1.83 bits per heavy atom. The van der Waals surface area contributed by atoms with Gasteiger partial charge in [0, 0.05) is 17.8 Å². The average molecular weight is 392 g/mol. The highest BCUT2D eigenvalue weighted by atomic mass is 16.2. The van der Waals surface area contributed by atoms with E-state index >= 15 is 0 Å². The van der Waals surface area contributed by atoms with Crippen LogP contribution in [0.1, 0.15) is 48.0 Å². The second-order valence-corrected chi connectivity index (χ2v) is 7.33. The molecule has 0 spiro atoms. The van der Waals surface area contributed by atoms with Gasteiger partial charge in [0.1, 0.15) is 0 Å². The van der Waals surface area contributed by atoms with Crippen molar-refractivity contribution < 1.29 is 9.59 Å². The predicted molar refractivity (Wildman–Crippen MR) is 117 cm³/mol.